The van der Waals surface area contributed by atoms with Crippen molar-refractivity contribution in [2.45, 2.75) is 26.9 Å². The molecule has 0 heterocycles. The van der Waals surface area contributed by atoms with Crippen LogP contribution in [0.5, 0.6) is 5.75 Å². The van der Waals surface area contributed by atoms with E-state index >= 15 is 0 Å². The standard InChI is InChI=1S/C19H21NO4/c1-12-9-10-13(2)15(11-12)19(22)24-14(3)18(21)20-16-7-5-6-8-17(16)23-4/h5-11,14H,1-4H3,(H,20,21). The second-order valence-electron chi connectivity index (χ2n) is 5.56. The first-order valence-electron chi connectivity index (χ1n) is 7.64. The van der Waals surface area contributed by atoms with Crippen molar-refractivity contribution in [3.63, 3.8) is 0 Å². The lowest BCUT2D eigenvalue weighted by Gasteiger charge is -2.16. The quantitative estimate of drug-likeness (QED) is 0.854. The van der Waals surface area contributed by atoms with Gasteiger partial charge in [0.25, 0.3) is 5.91 Å². The van der Waals surface area contributed by atoms with E-state index in [9.17, 15) is 9.59 Å². The van der Waals surface area contributed by atoms with Gasteiger partial charge in [0.2, 0.25) is 0 Å². The Morgan fingerprint density at radius 3 is 2.50 bits per heavy atom. The third-order valence-electron chi connectivity index (χ3n) is 3.63. The number of rotatable bonds is 5. The van der Waals surface area contributed by atoms with Crippen molar-refractivity contribution in [3.8, 4) is 5.75 Å². The highest BCUT2D eigenvalue weighted by atomic mass is 16.5. The van der Waals surface area contributed by atoms with Gasteiger partial charge in [-0.05, 0) is 44.5 Å². The summed E-state index contributed by atoms with van der Waals surface area (Å²) in [6, 6.07) is 12.6. The lowest BCUT2D eigenvalue weighted by atomic mass is 10.1. The number of nitrogens with one attached hydrogen (secondary N) is 1. The summed E-state index contributed by atoms with van der Waals surface area (Å²) >= 11 is 0. The summed E-state index contributed by atoms with van der Waals surface area (Å²) in [6.07, 6.45) is -0.928. The number of benzene rings is 2. The van der Waals surface area contributed by atoms with Gasteiger partial charge in [-0.15, -0.1) is 0 Å². The van der Waals surface area contributed by atoms with Gasteiger partial charge in [0.15, 0.2) is 6.10 Å². The van der Waals surface area contributed by atoms with Crippen LogP contribution in [0.2, 0.25) is 0 Å². The van der Waals surface area contributed by atoms with Crippen molar-refractivity contribution in [1.29, 1.82) is 0 Å². The summed E-state index contributed by atoms with van der Waals surface area (Å²) in [5, 5.41) is 2.70. The second kappa shape index (κ2) is 7.64. The molecule has 0 bridgehead atoms. The zero-order valence-electron chi connectivity index (χ0n) is 14.3. The molecule has 126 valence electrons. The maximum Gasteiger partial charge on any atom is 0.339 e. The number of esters is 1. The molecule has 0 fully saturated rings. The van der Waals surface area contributed by atoms with Crippen LogP contribution in [0.3, 0.4) is 0 Å². The van der Waals surface area contributed by atoms with Gasteiger partial charge in [0.1, 0.15) is 5.75 Å². The molecule has 0 saturated heterocycles. The van der Waals surface area contributed by atoms with Crippen LogP contribution >= 0.6 is 0 Å². The Morgan fingerprint density at radius 2 is 1.79 bits per heavy atom. The normalized spacial score (nSPS) is 11.5. The van der Waals surface area contributed by atoms with E-state index in [4.69, 9.17) is 9.47 Å². The number of anilines is 1. The van der Waals surface area contributed by atoms with E-state index in [0.717, 1.165) is 11.1 Å². The molecule has 0 aromatic heterocycles. The molecule has 1 N–H and O–H groups in total. The average Bonchev–Trinajstić information content (AvgIpc) is 2.57. The summed E-state index contributed by atoms with van der Waals surface area (Å²) in [4.78, 5) is 24.5. The van der Waals surface area contributed by atoms with E-state index in [1.54, 1.807) is 30.3 Å². The highest BCUT2D eigenvalue weighted by molar-refractivity contribution is 5.98. The number of hydrogen-bond acceptors (Lipinski definition) is 4. The van der Waals surface area contributed by atoms with Crippen LogP contribution < -0.4 is 10.1 Å². The molecular formula is C19H21NO4. The molecule has 1 amide bonds. The molecule has 0 aliphatic rings. The fourth-order valence-corrected chi connectivity index (χ4v) is 2.22. The van der Waals surface area contributed by atoms with E-state index in [1.807, 2.05) is 26.0 Å². The van der Waals surface area contributed by atoms with Crippen molar-refractivity contribution < 1.29 is 19.1 Å². The van der Waals surface area contributed by atoms with E-state index in [-0.39, 0.29) is 0 Å². The molecule has 0 radical (unpaired) electrons. The molecule has 24 heavy (non-hydrogen) atoms. The van der Waals surface area contributed by atoms with Crippen molar-refractivity contribution in [1.82, 2.24) is 0 Å². The summed E-state index contributed by atoms with van der Waals surface area (Å²) in [5.41, 5.74) is 2.76. The van der Waals surface area contributed by atoms with Gasteiger partial charge in [-0.2, -0.15) is 0 Å². The first-order chi connectivity index (χ1) is 11.4. The van der Waals surface area contributed by atoms with Crippen LogP contribution in [-0.2, 0) is 9.53 Å². The van der Waals surface area contributed by atoms with Crippen LogP contribution in [0.4, 0.5) is 5.69 Å². The highest BCUT2D eigenvalue weighted by Crippen LogP contribution is 2.23. The zero-order chi connectivity index (χ0) is 17.7. The molecule has 1 atom stereocenters. The Balaban J connectivity index is 2.06. The molecule has 2 aromatic rings. The Bertz CT molecular complexity index is 755. The minimum absolute atomic E-state index is 0.418. The van der Waals surface area contributed by atoms with Crippen LogP contribution in [0.25, 0.3) is 0 Å². The smallest absolute Gasteiger partial charge is 0.339 e. The Morgan fingerprint density at radius 1 is 1.08 bits per heavy atom. The Labute approximate surface area is 141 Å². The number of hydrogen-bond donors (Lipinski definition) is 1. The van der Waals surface area contributed by atoms with Crippen molar-refractivity contribution in [2.24, 2.45) is 0 Å². The lowest BCUT2D eigenvalue weighted by Crippen LogP contribution is -2.30. The van der Waals surface area contributed by atoms with Gasteiger partial charge in [0, 0.05) is 0 Å². The number of methoxy groups -OCH3 is 1. The number of para-hydroxylation sites is 2. The van der Waals surface area contributed by atoms with Gasteiger partial charge < -0.3 is 14.8 Å². The number of carbonyl (C=O) groups excluding carboxylic acids is 2. The first-order valence-corrected chi connectivity index (χ1v) is 7.64. The number of ether oxygens (including phenoxy) is 2. The van der Waals surface area contributed by atoms with Crippen molar-refractivity contribution >= 4 is 17.6 Å². The molecule has 5 nitrogen and oxygen atoms in total. The summed E-state index contributed by atoms with van der Waals surface area (Å²) in [7, 11) is 1.52. The molecule has 0 saturated carbocycles. The van der Waals surface area contributed by atoms with Gasteiger partial charge in [-0.25, -0.2) is 4.79 Å². The predicted molar refractivity (Wildman–Crippen MR) is 92.4 cm³/mol. The summed E-state index contributed by atoms with van der Waals surface area (Å²) < 4.78 is 10.5. The highest BCUT2D eigenvalue weighted by Gasteiger charge is 2.21. The fourth-order valence-electron chi connectivity index (χ4n) is 2.22. The van der Waals surface area contributed by atoms with E-state index in [1.165, 1.54) is 14.0 Å². The Hall–Kier alpha value is -2.82. The number of carbonyl (C=O) groups is 2. The lowest BCUT2D eigenvalue weighted by molar-refractivity contribution is -0.123. The van der Waals surface area contributed by atoms with E-state index in [2.05, 4.69) is 5.32 Å². The third-order valence-corrected chi connectivity index (χ3v) is 3.63. The van der Waals surface area contributed by atoms with Crippen LogP contribution in [0.1, 0.15) is 28.4 Å². The average molecular weight is 327 g/mol. The zero-order valence-corrected chi connectivity index (χ0v) is 14.3. The third kappa shape index (κ3) is 4.13. The minimum atomic E-state index is -0.928. The fraction of sp³-hybridized carbons (Fsp3) is 0.263. The molecule has 2 aromatic carbocycles. The van der Waals surface area contributed by atoms with Gasteiger partial charge in [0.05, 0.1) is 18.4 Å². The number of amides is 1. The topological polar surface area (TPSA) is 64.6 Å². The largest absolute Gasteiger partial charge is 0.495 e. The van der Waals surface area contributed by atoms with Gasteiger partial charge in [-0.3, -0.25) is 4.79 Å². The molecule has 0 aliphatic heterocycles. The predicted octanol–water partition coefficient (Wildman–Crippen LogP) is 3.50. The first kappa shape index (κ1) is 17.5. The van der Waals surface area contributed by atoms with Crippen LogP contribution in [0, 0.1) is 13.8 Å². The molecule has 0 spiro atoms. The second-order valence-corrected chi connectivity index (χ2v) is 5.56. The molecule has 5 heteroatoms. The van der Waals surface area contributed by atoms with E-state index in [0.29, 0.717) is 17.0 Å². The minimum Gasteiger partial charge on any atom is -0.495 e. The monoisotopic (exact) mass is 327 g/mol. The SMILES string of the molecule is COc1ccccc1NC(=O)C(C)OC(=O)c1cc(C)ccc1C. The molecule has 1 unspecified atom stereocenters. The van der Waals surface area contributed by atoms with Gasteiger partial charge >= 0.3 is 5.97 Å². The van der Waals surface area contributed by atoms with E-state index < -0.39 is 18.0 Å². The van der Waals surface area contributed by atoms with Gasteiger partial charge in [-0.1, -0.05) is 29.8 Å². The van der Waals surface area contributed by atoms with Crippen LogP contribution in [-0.4, -0.2) is 25.1 Å². The summed E-state index contributed by atoms with van der Waals surface area (Å²) in [6.45, 7) is 5.26. The molecular weight excluding hydrogens is 306 g/mol. The molecule has 2 rings (SSSR count). The van der Waals surface area contributed by atoms with Crippen LogP contribution in [0.15, 0.2) is 42.5 Å². The number of aryl methyl sites for hydroxylation is 2. The summed E-state index contributed by atoms with van der Waals surface area (Å²) in [5.74, 6) is -0.393. The Kier molecular flexibility index (Phi) is 5.58. The van der Waals surface area contributed by atoms with Crippen molar-refractivity contribution in [2.75, 3.05) is 12.4 Å². The van der Waals surface area contributed by atoms with Crippen molar-refractivity contribution in [3.05, 3.63) is 59.2 Å². The molecule has 0 aliphatic carbocycles. The maximum absolute atomic E-state index is 12.3. The maximum atomic E-state index is 12.3.